The van der Waals surface area contributed by atoms with Gasteiger partial charge in [0, 0.05) is 24.8 Å². The molecule has 1 saturated carbocycles. The number of nitrogens with zero attached hydrogens (tertiary/aromatic N) is 1. The van der Waals surface area contributed by atoms with Crippen LogP contribution in [0.15, 0.2) is 6.07 Å². The molecule has 2 unspecified atom stereocenters. The van der Waals surface area contributed by atoms with E-state index < -0.39 is 0 Å². The SMILES string of the molecule is COC1CC1c1cc(N)n[nH]1. The Kier molecular flexibility index (Phi) is 1.35. The second-order valence-electron chi connectivity index (χ2n) is 2.86. The molecule has 1 fully saturated rings. The highest BCUT2D eigenvalue weighted by atomic mass is 16.5. The first kappa shape index (κ1) is 6.67. The molecule has 1 aromatic rings. The van der Waals surface area contributed by atoms with Crippen LogP contribution in [0.25, 0.3) is 0 Å². The Morgan fingerprint density at radius 3 is 3.09 bits per heavy atom. The van der Waals surface area contributed by atoms with E-state index in [0.717, 1.165) is 12.1 Å². The zero-order valence-electron chi connectivity index (χ0n) is 6.37. The van der Waals surface area contributed by atoms with Gasteiger partial charge in [-0.2, -0.15) is 5.10 Å². The number of H-pyrrole nitrogens is 1. The van der Waals surface area contributed by atoms with Gasteiger partial charge in [-0.3, -0.25) is 5.10 Å². The molecule has 0 spiro atoms. The van der Waals surface area contributed by atoms with Crippen molar-refractivity contribution >= 4 is 5.82 Å². The van der Waals surface area contributed by atoms with Crippen LogP contribution in [0.3, 0.4) is 0 Å². The summed E-state index contributed by atoms with van der Waals surface area (Å²) < 4.78 is 5.15. The van der Waals surface area contributed by atoms with Crippen molar-refractivity contribution in [3.05, 3.63) is 11.8 Å². The fourth-order valence-electron chi connectivity index (χ4n) is 1.30. The molecule has 1 aliphatic rings. The second-order valence-corrected chi connectivity index (χ2v) is 2.86. The van der Waals surface area contributed by atoms with E-state index in [0.29, 0.717) is 17.8 Å². The lowest BCUT2D eigenvalue weighted by molar-refractivity contribution is 0.177. The summed E-state index contributed by atoms with van der Waals surface area (Å²) >= 11 is 0. The summed E-state index contributed by atoms with van der Waals surface area (Å²) in [6, 6.07) is 1.86. The van der Waals surface area contributed by atoms with Gasteiger partial charge in [0.05, 0.1) is 6.10 Å². The van der Waals surface area contributed by atoms with Gasteiger partial charge in [0.2, 0.25) is 0 Å². The maximum absolute atomic E-state index is 5.45. The van der Waals surface area contributed by atoms with E-state index in [-0.39, 0.29) is 0 Å². The number of hydrogen-bond donors (Lipinski definition) is 2. The van der Waals surface area contributed by atoms with E-state index in [2.05, 4.69) is 10.2 Å². The second kappa shape index (κ2) is 2.23. The van der Waals surface area contributed by atoms with Crippen molar-refractivity contribution in [3.8, 4) is 0 Å². The summed E-state index contributed by atoms with van der Waals surface area (Å²) in [5.74, 6) is 1.05. The van der Waals surface area contributed by atoms with Crippen LogP contribution in [0.2, 0.25) is 0 Å². The van der Waals surface area contributed by atoms with Crippen molar-refractivity contribution in [2.45, 2.75) is 18.4 Å². The van der Waals surface area contributed by atoms with E-state index in [1.807, 2.05) is 6.07 Å². The normalized spacial score (nSPS) is 28.8. The molecule has 4 heteroatoms. The van der Waals surface area contributed by atoms with Crippen molar-refractivity contribution in [2.24, 2.45) is 0 Å². The Hall–Kier alpha value is -1.03. The van der Waals surface area contributed by atoms with Gasteiger partial charge in [-0.25, -0.2) is 0 Å². The Morgan fingerprint density at radius 2 is 2.64 bits per heavy atom. The molecule has 0 bridgehead atoms. The maximum Gasteiger partial charge on any atom is 0.145 e. The smallest absolute Gasteiger partial charge is 0.145 e. The molecule has 1 aliphatic carbocycles. The fraction of sp³-hybridized carbons (Fsp3) is 0.571. The summed E-state index contributed by atoms with van der Waals surface area (Å²) in [7, 11) is 1.73. The van der Waals surface area contributed by atoms with Gasteiger partial charge >= 0.3 is 0 Å². The molecule has 60 valence electrons. The lowest BCUT2D eigenvalue weighted by Crippen LogP contribution is -1.90. The Balaban J connectivity index is 2.08. The van der Waals surface area contributed by atoms with Gasteiger partial charge in [-0.15, -0.1) is 0 Å². The molecule has 2 atom stereocenters. The lowest BCUT2D eigenvalue weighted by Gasteiger charge is -1.91. The number of anilines is 1. The number of methoxy groups -OCH3 is 1. The minimum absolute atomic E-state index is 0.370. The standard InChI is InChI=1S/C7H11N3O/c1-11-6-2-4(6)5-3-7(8)10-9-5/h3-4,6H,2H2,1H3,(H3,8,9,10). The quantitative estimate of drug-likeness (QED) is 0.650. The number of aromatic nitrogens is 2. The van der Waals surface area contributed by atoms with Crippen LogP contribution >= 0.6 is 0 Å². The summed E-state index contributed by atoms with van der Waals surface area (Å²) in [5.41, 5.74) is 6.54. The largest absolute Gasteiger partial charge is 0.382 e. The number of ether oxygens (including phenoxy) is 1. The van der Waals surface area contributed by atoms with Crippen molar-refractivity contribution in [2.75, 3.05) is 12.8 Å². The number of nitrogens with two attached hydrogens (primary N) is 1. The molecule has 0 aliphatic heterocycles. The van der Waals surface area contributed by atoms with Crippen LogP contribution < -0.4 is 5.73 Å². The number of rotatable bonds is 2. The van der Waals surface area contributed by atoms with Gasteiger partial charge in [-0.05, 0) is 6.42 Å². The van der Waals surface area contributed by atoms with Gasteiger partial charge in [0.1, 0.15) is 5.82 Å². The van der Waals surface area contributed by atoms with Crippen molar-refractivity contribution in [3.63, 3.8) is 0 Å². The zero-order chi connectivity index (χ0) is 7.84. The third-order valence-electron chi connectivity index (χ3n) is 2.05. The van der Waals surface area contributed by atoms with Crippen LogP contribution in [0.4, 0.5) is 5.82 Å². The highest BCUT2D eigenvalue weighted by Crippen LogP contribution is 2.42. The van der Waals surface area contributed by atoms with E-state index in [1.165, 1.54) is 0 Å². The lowest BCUT2D eigenvalue weighted by atomic mass is 10.3. The van der Waals surface area contributed by atoms with E-state index in [9.17, 15) is 0 Å². The molecule has 0 amide bonds. The van der Waals surface area contributed by atoms with E-state index in [1.54, 1.807) is 7.11 Å². The predicted octanol–water partition coefficient (Wildman–Crippen LogP) is 0.494. The minimum atomic E-state index is 0.370. The number of nitrogen functional groups attached to an aromatic ring is 1. The average molecular weight is 153 g/mol. The van der Waals surface area contributed by atoms with Crippen LogP contribution in [0, 0.1) is 0 Å². The highest BCUT2D eigenvalue weighted by Gasteiger charge is 2.39. The van der Waals surface area contributed by atoms with Crippen LogP contribution in [0.1, 0.15) is 18.0 Å². The summed E-state index contributed by atoms with van der Waals surface area (Å²) in [6.07, 6.45) is 1.45. The Labute approximate surface area is 64.7 Å². The molecule has 4 nitrogen and oxygen atoms in total. The predicted molar refractivity (Wildman–Crippen MR) is 41.2 cm³/mol. The minimum Gasteiger partial charge on any atom is -0.382 e. The zero-order valence-corrected chi connectivity index (χ0v) is 6.37. The van der Waals surface area contributed by atoms with Gasteiger partial charge in [-0.1, -0.05) is 0 Å². The first-order valence-corrected chi connectivity index (χ1v) is 3.65. The summed E-state index contributed by atoms with van der Waals surface area (Å²) in [4.78, 5) is 0. The van der Waals surface area contributed by atoms with E-state index in [4.69, 9.17) is 10.5 Å². The number of hydrogen-bond acceptors (Lipinski definition) is 3. The molecule has 0 saturated heterocycles. The van der Waals surface area contributed by atoms with Gasteiger partial charge < -0.3 is 10.5 Å². The maximum atomic E-state index is 5.45. The van der Waals surface area contributed by atoms with Crippen molar-refractivity contribution in [1.29, 1.82) is 0 Å². The molecule has 0 radical (unpaired) electrons. The van der Waals surface area contributed by atoms with Crippen LogP contribution in [0.5, 0.6) is 0 Å². The Morgan fingerprint density at radius 1 is 1.82 bits per heavy atom. The molecule has 1 heterocycles. The van der Waals surface area contributed by atoms with Crippen LogP contribution in [-0.4, -0.2) is 23.4 Å². The molecule has 0 aromatic carbocycles. The molecule has 2 rings (SSSR count). The fourth-order valence-corrected chi connectivity index (χ4v) is 1.30. The van der Waals surface area contributed by atoms with E-state index >= 15 is 0 Å². The third-order valence-corrected chi connectivity index (χ3v) is 2.05. The molecule has 11 heavy (non-hydrogen) atoms. The third kappa shape index (κ3) is 1.09. The van der Waals surface area contributed by atoms with Crippen molar-refractivity contribution in [1.82, 2.24) is 10.2 Å². The first-order chi connectivity index (χ1) is 5.31. The highest BCUT2D eigenvalue weighted by molar-refractivity contribution is 5.33. The first-order valence-electron chi connectivity index (χ1n) is 3.65. The molecule has 1 aromatic heterocycles. The number of aromatic amines is 1. The molecular formula is C7H11N3O. The van der Waals surface area contributed by atoms with Crippen LogP contribution in [-0.2, 0) is 4.74 Å². The topological polar surface area (TPSA) is 63.9 Å². The number of nitrogens with one attached hydrogen (secondary N) is 1. The monoisotopic (exact) mass is 153 g/mol. The molecule has 3 N–H and O–H groups in total. The van der Waals surface area contributed by atoms with Gasteiger partial charge in [0.25, 0.3) is 0 Å². The summed E-state index contributed by atoms with van der Waals surface area (Å²) in [5, 5.41) is 6.72. The molecular weight excluding hydrogens is 142 g/mol. The average Bonchev–Trinajstić information content (AvgIpc) is 2.68. The van der Waals surface area contributed by atoms with Crippen molar-refractivity contribution < 1.29 is 4.74 Å². The summed E-state index contributed by atoms with van der Waals surface area (Å²) in [6.45, 7) is 0. The Bertz CT molecular complexity index is 258. The van der Waals surface area contributed by atoms with Gasteiger partial charge in [0.15, 0.2) is 0 Å².